The maximum Gasteiger partial charge on any atom is 0.573 e. The summed E-state index contributed by atoms with van der Waals surface area (Å²) in [6, 6.07) is 22.3. The van der Waals surface area contributed by atoms with E-state index in [-0.39, 0.29) is 4.90 Å². The van der Waals surface area contributed by atoms with Crippen LogP contribution in [-0.2, 0) is 14.8 Å². The molecule has 0 fully saturated rings. The van der Waals surface area contributed by atoms with Gasteiger partial charge in [-0.15, -0.1) is 13.2 Å². The fourth-order valence-corrected chi connectivity index (χ4v) is 5.49. The standard InChI is InChI=1S/C27H23F3N2O5S/c1-2-36-21-16-14-20(15-17-21)31-26(33)18-32(23-11-5-6-12-24(23)37-27(28,29)30)38(34,35)25-13-7-9-19-8-3-4-10-22(19)25/h3-17H,2,18H2,1H3,(H,31,33). The van der Waals surface area contributed by atoms with E-state index in [0.29, 0.717) is 33.1 Å². The third-order valence-electron chi connectivity index (χ3n) is 5.41. The largest absolute Gasteiger partial charge is 0.573 e. The van der Waals surface area contributed by atoms with Gasteiger partial charge in [0.2, 0.25) is 5.91 Å². The Morgan fingerprint density at radius 1 is 0.895 bits per heavy atom. The van der Waals surface area contributed by atoms with Crippen LogP contribution in [0.25, 0.3) is 10.8 Å². The number of sulfonamides is 1. The van der Waals surface area contributed by atoms with Crippen molar-refractivity contribution in [3.05, 3.63) is 91.0 Å². The molecule has 0 aliphatic heterocycles. The van der Waals surface area contributed by atoms with Crippen LogP contribution in [0.2, 0.25) is 0 Å². The van der Waals surface area contributed by atoms with Crippen LogP contribution in [0.15, 0.2) is 95.9 Å². The lowest BCUT2D eigenvalue weighted by molar-refractivity contribution is -0.274. The number of rotatable bonds is 9. The van der Waals surface area contributed by atoms with Gasteiger partial charge in [-0.1, -0.05) is 48.5 Å². The zero-order chi connectivity index (χ0) is 27.3. The SMILES string of the molecule is CCOc1ccc(NC(=O)CN(c2ccccc2OC(F)(F)F)S(=O)(=O)c2cccc3ccccc23)cc1. The molecule has 1 amide bonds. The molecule has 4 aromatic carbocycles. The summed E-state index contributed by atoms with van der Waals surface area (Å²) in [5.41, 5.74) is -0.0969. The molecule has 1 N–H and O–H groups in total. The van der Waals surface area contributed by atoms with Gasteiger partial charge < -0.3 is 14.8 Å². The van der Waals surface area contributed by atoms with Crippen molar-refractivity contribution in [1.29, 1.82) is 0 Å². The number of hydrogen-bond donors (Lipinski definition) is 1. The van der Waals surface area contributed by atoms with Crippen LogP contribution in [0, 0.1) is 0 Å². The first-order chi connectivity index (χ1) is 18.1. The summed E-state index contributed by atoms with van der Waals surface area (Å²) in [4.78, 5) is 12.9. The Bertz CT molecular complexity index is 1540. The van der Waals surface area contributed by atoms with Crippen molar-refractivity contribution < 1.29 is 35.9 Å². The minimum Gasteiger partial charge on any atom is -0.494 e. The van der Waals surface area contributed by atoms with Crippen LogP contribution in [0.3, 0.4) is 0 Å². The molecule has 0 aliphatic rings. The number of hydrogen-bond acceptors (Lipinski definition) is 5. The van der Waals surface area contributed by atoms with Gasteiger partial charge in [0.25, 0.3) is 10.0 Å². The Hall–Kier alpha value is -4.25. The normalized spacial score (nSPS) is 11.7. The molecule has 11 heteroatoms. The molecule has 0 spiro atoms. The van der Waals surface area contributed by atoms with Crippen molar-refractivity contribution >= 4 is 38.1 Å². The molecular formula is C27H23F3N2O5S. The maximum atomic E-state index is 14.0. The maximum absolute atomic E-state index is 14.0. The summed E-state index contributed by atoms with van der Waals surface area (Å²) in [5, 5.41) is 3.53. The number of halogens is 3. The molecule has 0 bridgehead atoms. The number of amides is 1. The highest BCUT2D eigenvalue weighted by Gasteiger charge is 2.36. The van der Waals surface area contributed by atoms with Crippen LogP contribution < -0.4 is 19.1 Å². The molecule has 0 radical (unpaired) electrons. The molecule has 7 nitrogen and oxygen atoms in total. The quantitative estimate of drug-likeness (QED) is 0.281. The predicted octanol–water partition coefficient (Wildman–Crippen LogP) is 5.97. The Balaban J connectivity index is 1.76. The van der Waals surface area contributed by atoms with Gasteiger partial charge in [-0.2, -0.15) is 0 Å². The van der Waals surface area contributed by atoms with E-state index < -0.39 is 40.3 Å². The van der Waals surface area contributed by atoms with Crippen molar-refractivity contribution in [2.45, 2.75) is 18.2 Å². The van der Waals surface area contributed by atoms with Crippen molar-refractivity contribution in [3.63, 3.8) is 0 Å². The topological polar surface area (TPSA) is 84.9 Å². The molecule has 4 rings (SSSR count). The molecule has 198 valence electrons. The summed E-state index contributed by atoms with van der Waals surface area (Å²) in [7, 11) is -4.56. The molecule has 0 saturated heterocycles. The van der Waals surface area contributed by atoms with E-state index in [4.69, 9.17) is 4.74 Å². The Morgan fingerprint density at radius 3 is 2.26 bits per heavy atom. The van der Waals surface area contributed by atoms with Gasteiger partial charge in [-0.05, 0) is 54.8 Å². The molecule has 38 heavy (non-hydrogen) atoms. The van der Waals surface area contributed by atoms with Crippen LogP contribution >= 0.6 is 0 Å². The monoisotopic (exact) mass is 544 g/mol. The van der Waals surface area contributed by atoms with E-state index in [9.17, 15) is 26.4 Å². The van der Waals surface area contributed by atoms with Gasteiger partial charge in [-0.3, -0.25) is 9.10 Å². The number of para-hydroxylation sites is 2. The van der Waals surface area contributed by atoms with Crippen LogP contribution in [0.5, 0.6) is 11.5 Å². The summed E-state index contributed by atoms with van der Waals surface area (Å²) in [5.74, 6) is -0.971. The highest BCUT2D eigenvalue weighted by atomic mass is 32.2. The lowest BCUT2D eigenvalue weighted by Gasteiger charge is -2.26. The summed E-state index contributed by atoms with van der Waals surface area (Å²) < 4.78 is 77.5. The Morgan fingerprint density at radius 2 is 1.55 bits per heavy atom. The first-order valence-corrected chi connectivity index (χ1v) is 12.9. The van der Waals surface area contributed by atoms with E-state index in [0.717, 1.165) is 12.1 Å². The predicted molar refractivity (Wildman–Crippen MR) is 138 cm³/mol. The van der Waals surface area contributed by atoms with Gasteiger partial charge in [0, 0.05) is 11.1 Å². The highest BCUT2D eigenvalue weighted by Crippen LogP contribution is 2.37. The number of nitrogens with one attached hydrogen (secondary N) is 1. The summed E-state index contributed by atoms with van der Waals surface area (Å²) >= 11 is 0. The third-order valence-corrected chi connectivity index (χ3v) is 7.23. The van der Waals surface area contributed by atoms with Gasteiger partial charge in [0.1, 0.15) is 12.3 Å². The Labute approximate surface area is 217 Å². The average molecular weight is 545 g/mol. The van der Waals surface area contributed by atoms with E-state index in [2.05, 4.69) is 10.1 Å². The highest BCUT2D eigenvalue weighted by molar-refractivity contribution is 7.93. The first-order valence-electron chi connectivity index (χ1n) is 11.5. The van der Waals surface area contributed by atoms with Crippen molar-refractivity contribution in [2.24, 2.45) is 0 Å². The van der Waals surface area contributed by atoms with Crippen molar-refractivity contribution in [2.75, 3.05) is 22.8 Å². The fourth-order valence-electron chi connectivity index (χ4n) is 3.85. The van der Waals surface area contributed by atoms with Crippen LogP contribution in [-0.4, -0.2) is 33.8 Å². The number of ether oxygens (including phenoxy) is 2. The number of benzene rings is 4. The number of alkyl halides is 3. The van der Waals surface area contributed by atoms with Crippen molar-refractivity contribution in [3.8, 4) is 11.5 Å². The van der Waals surface area contributed by atoms with Crippen LogP contribution in [0.1, 0.15) is 6.92 Å². The smallest absolute Gasteiger partial charge is 0.494 e. The summed E-state index contributed by atoms with van der Waals surface area (Å²) in [6.45, 7) is 1.45. The minimum absolute atomic E-state index is 0.175. The van der Waals surface area contributed by atoms with Gasteiger partial charge in [0.05, 0.1) is 17.2 Å². The van der Waals surface area contributed by atoms with Gasteiger partial charge in [0.15, 0.2) is 5.75 Å². The molecule has 0 aliphatic carbocycles. The first kappa shape index (κ1) is 26.8. The lowest BCUT2D eigenvalue weighted by Crippen LogP contribution is -2.38. The minimum atomic E-state index is -5.09. The molecule has 0 saturated carbocycles. The van der Waals surface area contributed by atoms with E-state index in [1.165, 1.54) is 24.3 Å². The van der Waals surface area contributed by atoms with Gasteiger partial charge >= 0.3 is 6.36 Å². The summed E-state index contributed by atoms with van der Waals surface area (Å²) in [6.07, 6.45) is -5.09. The molecule has 0 unspecified atom stereocenters. The zero-order valence-corrected chi connectivity index (χ0v) is 20.9. The van der Waals surface area contributed by atoms with Crippen molar-refractivity contribution in [1.82, 2.24) is 0 Å². The van der Waals surface area contributed by atoms with Gasteiger partial charge in [-0.25, -0.2) is 8.42 Å². The number of carbonyl (C=O) groups excluding carboxylic acids is 1. The second-order valence-electron chi connectivity index (χ2n) is 8.01. The number of carbonyl (C=O) groups is 1. The molecular weight excluding hydrogens is 521 g/mol. The Kier molecular flexibility index (Phi) is 7.77. The third kappa shape index (κ3) is 6.17. The molecule has 0 aromatic heterocycles. The fraction of sp³-hybridized carbons (Fsp3) is 0.148. The zero-order valence-electron chi connectivity index (χ0n) is 20.1. The molecule has 0 heterocycles. The van der Waals surface area contributed by atoms with E-state index >= 15 is 0 Å². The number of fused-ring (bicyclic) bond motifs is 1. The second-order valence-corrected chi connectivity index (χ2v) is 9.84. The van der Waals surface area contributed by atoms with E-state index in [1.54, 1.807) is 54.6 Å². The second kappa shape index (κ2) is 11.0. The van der Waals surface area contributed by atoms with E-state index in [1.807, 2.05) is 6.92 Å². The lowest BCUT2D eigenvalue weighted by atomic mass is 10.1. The number of anilines is 2. The molecule has 0 atom stereocenters. The number of nitrogens with zero attached hydrogens (tertiary/aromatic N) is 1. The average Bonchev–Trinajstić information content (AvgIpc) is 2.88. The van der Waals surface area contributed by atoms with Crippen LogP contribution in [0.4, 0.5) is 24.5 Å². The molecule has 4 aromatic rings.